The molecule has 0 radical (unpaired) electrons. The first-order valence-corrected chi connectivity index (χ1v) is 12.8. The van der Waals surface area contributed by atoms with Crippen LogP contribution in [0.25, 0.3) is 0 Å². The molecule has 1 heterocycles. The lowest BCUT2D eigenvalue weighted by molar-refractivity contribution is -0.140. The molecular formula is C28H36F3N3O. The largest absolute Gasteiger partial charge is 0.416 e. The SMILES string of the molecule is CCN(CC)Cc1ccc2c(c1)CC[C@H](N1CCN(CCc3ccccc3C(F)(F)F)CC1=O)C2. The molecule has 4 nitrogen and oxygen atoms in total. The summed E-state index contributed by atoms with van der Waals surface area (Å²) in [5, 5.41) is 0. The lowest BCUT2D eigenvalue weighted by Gasteiger charge is -2.41. The number of alkyl halides is 3. The number of fused-ring (bicyclic) bond motifs is 1. The van der Waals surface area contributed by atoms with E-state index in [0.29, 0.717) is 25.2 Å². The van der Waals surface area contributed by atoms with Crippen molar-refractivity contribution in [2.24, 2.45) is 0 Å². The molecule has 0 bridgehead atoms. The van der Waals surface area contributed by atoms with Gasteiger partial charge in [-0.15, -0.1) is 0 Å². The van der Waals surface area contributed by atoms with Crippen LogP contribution < -0.4 is 0 Å². The Morgan fingerprint density at radius 1 is 1.03 bits per heavy atom. The van der Waals surface area contributed by atoms with Crippen LogP contribution in [-0.4, -0.2) is 65.9 Å². The topological polar surface area (TPSA) is 26.8 Å². The lowest BCUT2D eigenvalue weighted by Crippen LogP contribution is -2.55. The molecule has 1 saturated heterocycles. The summed E-state index contributed by atoms with van der Waals surface area (Å²) >= 11 is 0. The molecule has 0 unspecified atom stereocenters. The van der Waals surface area contributed by atoms with Crippen molar-refractivity contribution in [2.75, 3.05) is 39.3 Å². The van der Waals surface area contributed by atoms with E-state index in [-0.39, 0.29) is 24.9 Å². The maximum absolute atomic E-state index is 13.3. The lowest BCUT2D eigenvalue weighted by atomic mass is 9.86. The summed E-state index contributed by atoms with van der Waals surface area (Å²) in [4.78, 5) is 19.4. The molecule has 7 heteroatoms. The van der Waals surface area contributed by atoms with Crippen LogP contribution in [0.4, 0.5) is 13.2 Å². The van der Waals surface area contributed by atoms with E-state index in [1.807, 2.05) is 9.80 Å². The highest BCUT2D eigenvalue weighted by atomic mass is 19.4. The van der Waals surface area contributed by atoms with E-state index in [2.05, 4.69) is 36.9 Å². The fourth-order valence-corrected chi connectivity index (χ4v) is 5.46. The van der Waals surface area contributed by atoms with Gasteiger partial charge in [-0.25, -0.2) is 0 Å². The van der Waals surface area contributed by atoms with Gasteiger partial charge in [0.25, 0.3) is 0 Å². The first-order valence-electron chi connectivity index (χ1n) is 12.8. The Labute approximate surface area is 206 Å². The molecule has 2 aromatic rings. The van der Waals surface area contributed by atoms with E-state index in [9.17, 15) is 18.0 Å². The van der Waals surface area contributed by atoms with Crippen LogP contribution in [0.2, 0.25) is 0 Å². The number of carbonyl (C=O) groups is 1. The minimum atomic E-state index is -4.35. The fraction of sp³-hybridized carbons (Fsp3) is 0.536. The summed E-state index contributed by atoms with van der Waals surface area (Å²) in [7, 11) is 0. The van der Waals surface area contributed by atoms with Crippen molar-refractivity contribution in [1.29, 1.82) is 0 Å². The number of aryl methyl sites for hydroxylation is 1. The van der Waals surface area contributed by atoms with Crippen LogP contribution in [0.3, 0.4) is 0 Å². The number of carbonyl (C=O) groups excluding carboxylic acids is 1. The summed E-state index contributed by atoms with van der Waals surface area (Å²) < 4.78 is 39.8. The third kappa shape index (κ3) is 6.25. The van der Waals surface area contributed by atoms with Crippen LogP contribution in [-0.2, 0) is 36.8 Å². The molecule has 0 N–H and O–H groups in total. The number of amides is 1. The summed E-state index contributed by atoms with van der Waals surface area (Å²) in [6, 6.07) is 12.7. The minimum absolute atomic E-state index is 0.0898. The van der Waals surface area contributed by atoms with Gasteiger partial charge in [0.05, 0.1) is 12.1 Å². The van der Waals surface area contributed by atoms with Crippen molar-refractivity contribution in [1.82, 2.24) is 14.7 Å². The van der Waals surface area contributed by atoms with E-state index in [1.165, 1.54) is 28.8 Å². The maximum Gasteiger partial charge on any atom is 0.416 e. The summed E-state index contributed by atoms with van der Waals surface area (Å²) in [6.07, 6.45) is -1.24. The van der Waals surface area contributed by atoms with Crippen molar-refractivity contribution in [3.8, 4) is 0 Å². The number of benzene rings is 2. The second kappa shape index (κ2) is 11.1. The maximum atomic E-state index is 13.3. The van der Waals surface area contributed by atoms with Crippen molar-refractivity contribution >= 4 is 5.91 Å². The normalized spacial score (nSPS) is 19.3. The van der Waals surface area contributed by atoms with Gasteiger partial charge in [-0.05, 0) is 67.1 Å². The molecule has 1 aliphatic heterocycles. The smallest absolute Gasteiger partial charge is 0.337 e. The van der Waals surface area contributed by atoms with Gasteiger partial charge >= 0.3 is 6.18 Å². The third-order valence-electron chi connectivity index (χ3n) is 7.57. The average Bonchev–Trinajstić information content (AvgIpc) is 2.85. The molecule has 190 valence electrons. The molecule has 1 amide bonds. The van der Waals surface area contributed by atoms with Crippen LogP contribution in [0.5, 0.6) is 0 Å². The average molecular weight is 488 g/mol. The van der Waals surface area contributed by atoms with Crippen molar-refractivity contribution in [3.63, 3.8) is 0 Å². The second-order valence-corrected chi connectivity index (χ2v) is 9.73. The van der Waals surface area contributed by atoms with E-state index >= 15 is 0 Å². The van der Waals surface area contributed by atoms with Crippen molar-refractivity contribution in [2.45, 2.75) is 58.3 Å². The predicted molar refractivity (Wildman–Crippen MR) is 132 cm³/mol. The molecular weight excluding hydrogens is 451 g/mol. The second-order valence-electron chi connectivity index (χ2n) is 9.73. The molecule has 1 fully saturated rings. The highest BCUT2D eigenvalue weighted by Gasteiger charge is 2.34. The molecule has 0 spiro atoms. The van der Waals surface area contributed by atoms with Crippen molar-refractivity contribution < 1.29 is 18.0 Å². The number of rotatable bonds is 8. The molecule has 2 aliphatic rings. The molecule has 35 heavy (non-hydrogen) atoms. The fourth-order valence-electron chi connectivity index (χ4n) is 5.46. The van der Waals surface area contributed by atoms with E-state index in [1.54, 1.807) is 6.07 Å². The third-order valence-corrected chi connectivity index (χ3v) is 7.57. The first-order chi connectivity index (χ1) is 16.8. The van der Waals surface area contributed by atoms with Gasteiger partial charge in [-0.1, -0.05) is 50.2 Å². The van der Waals surface area contributed by atoms with Crippen LogP contribution >= 0.6 is 0 Å². The highest BCUT2D eigenvalue weighted by Crippen LogP contribution is 2.32. The molecule has 1 atom stereocenters. The van der Waals surface area contributed by atoms with Gasteiger partial charge in [0.1, 0.15) is 0 Å². The Morgan fingerprint density at radius 2 is 1.80 bits per heavy atom. The summed E-state index contributed by atoms with van der Waals surface area (Å²) in [5.41, 5.74) is 3.80. The van der Waals surface area contributed by atoms with Crippen LogP contribution in [0.15, 0.2) is 42.5 Å². The number of hydrogen-bond acceptors (Lipinski definition) is 3. The predicted octanol–water partition coefficient (Wildman–Crippen LogP) is 4.79. The quantitative estimate of drug-likeness (QED) is 0.536. The zero-order chi connectivity index (χ0) is 25.0. The highest BCUT2D eigenvalue weighted by molar-refractivity contribution is 5.79. The monoisotopic (exact) mass is 487 g/mol. The standard InChI is InChI=1S/C28H36F3N3O/c1-3-32(4-2)19-21-9-10-24-18-25(12-11-23(24)17-21)34-16-15-33(20-27(34)35)14-13-22-7-5-6-8-26(22)28(29,30)31/h5-10,17,25H,3-4,11-16,18-20H2,1-2H3/t25-/m0/s1. The van der Waals surface area contributed by atoms with E-state index in [4.69, 9.17) is 0 Å². The Bertz CT molecular complexity index is 1020. The van der Waals surface area contributed by atoms with Gasteiger partial charge in [0, 0.05) is 32.2 Å². The Morgan fingerprint density at radius 3 is 2.51 bits per heavy atom. The van der Waals surface area contributed by atoms with Gasteiger partial charge in [0.15, 0.2) is 0 Å². The Balaban J connectivity index is 1.32. The molecule has 0 saturated carbocycles. The summed E-state index contributed by atoms with van der Waals surface area (Å²) in [6.45, 7) is 9.49. The van der Waals surface area contributed by atoms with Crippen molar-refractivity contribution in [3.05, 3.63) is 70.3 Å². The number of nitrogens with zero attached hydrogens (tertiary/aromatic N) is 3. The van der Waals surface area contributed by atoms with Gasteiger partial charge in [-0.2, -0.15) is 13.2 Å². The summed E-state index contributed by atoms with van der Waals surface area (Å²) in [5.74, 6) is 0.0898. The zero-order valence-electron chi connectivity index (χ0n) is 20.8. The minimum Gasteiger partial charge on any atom is -0.337 e. The Hall–Kier alpha value is -2.38. The van der Waals surface area contributed by atoms with Gasteiger partial charge in [-0.3, -0.25) is 14.6 Å². The van der Waals surface area contributed by atoms with Gasteiger partial charge in [0.2, 0.25) is 5.91 Å². The van der Waals surface area contributed by atoms with E-state index in [0.717, 1.165) is 45.0 Å². The number of piperazine rings is 1. The first kappa shape index (κ1) is 25.7. The molecule has 4 rings (SSSR count). The molecule has 2 aromatic carbocycles. The Kier molecular flexibility index (Phi) is 8.17. The van der Waals surface area contributed by atoms with Gasteiger partial charge < -0.3 is 4.90 Å². The number of hydrogen-bond donors (Lipinski definition) is 0. The van der Waals surface area contributed by atoms with E-state index < -0.39 is 11.7 Å². The molecule has 0 aromatic heterocycles. The number of halogens is 3. The van der Waals surface area contributed by atoms with Crippen LogP contribution in [0, 0.1) is 0 Å². The van der Waals surface area contributed by atoms with Crippen LogP contribution in [0.1, 0.15) is 48.1 Å². The molecule has 1 aliphatic carbocycles. The zero-order valence-corrected chi connectivity index (χ0v) is 20.8.